The normalized spacial score (nSPS) is 11.1. The molecule has 0 atom stereocenters. The lowest BCUT2D eigenvalue weighted by Gasteiger charge is -2.18. The first-order valence-corrected chi connectivity index (χ1v) is 11.7. The van der Waals surface area contributed by atoms with Gasteiger partial charge in [0.15, 0.2) is 0 Å². The molecule has 0 saturated carbocycles. The van der Waals surface area contributed by atoms with Crippen LogP contribution in [0, 0.1) is 13.8 Å². The third-order valence-electron chi connectivity index (χ3n) is 5.46. The fraction of sp³-hybridized carbons (Fsp3) is 0.360. The summed E-state index contributed by atoms with van der Waals surface area (Å²) in [6, 6.07) is 16.2. The Labute approximate surface area is 189 Å². The van der Waals surface area contributed by atoms with Crippen LogP contribution in [0.2, 0.25) is 0 Å². The van der Waals surface area contributed by atoms with Crippen LogP contribution in [0.15, 0.2) is 57.9 Å². The van der Waals surface area contributed by atoms with Crippen LogP contribution in [0.3, 0.4) is 0 Å². The van der Waals surface area contributed by atoms with E-state index in [4.69, 9.17) is 4.52 Å². The lowest BCUT2D eigenvalue weighted by Crippen LogP contribution is -2.23. The Balaban J connectivity index is 1.59. The third-order valence-corrected chi connectivity index (χ3v) is 6.56. The lowest BCUT2D eigenvalue weighted by atomic mass is 10.1. The van der Waals surface area contributed by atoms with Gasteiger partial charge in [-0.05, 0) is 50.2 Å². The standard InChI is InChI=1S/C25H31N3O2S/c1-5-28(6-2)16-21-13-11-20(12-14-21)15-26-25(29)22-9-7-8-10-24(22)31-17-23-18(3)27-30-19(23)4/h7-14H,5-6,15-17H2,1-4H3,(H,26,29). The van der Waals surface area contributed by atoms with Gasteiger partial charge in [-0.15, -0.1) is 11.8 Å². The number of benzene rings is 2. The van der Waals surface area contributed by atoms with Crippen molar-refractivity contribution < 1.29 is 9.32 Å². The van der Waals surface area contributed by atoms with Gasteiger partial charge in [0.1, 0.15) is 5.76 Å². The number of hydrogen-bond donors (Lipinski definition) is 1. The predicted molar refractivity (Wildman–Crippen MR) is 126 cm³/mol. The van der Waals surface area contributed by atoms with Crippen molar-refractivity contribution >= 4 is 17.7 Å². The number of nitrogens with zero attached hydrogens (tertiary/aromatic N) is 2. The molecule has 164 valence electrons. The summed E-state index contributed by atoms with van der Waals surface area (Å²) in [5, 5.41) is 7.07. The molecule has 0 aliphatic rings. The van der Waals surface area contributed by atoms with Gasteiger partial charge in [0.05, 0.1) is 11.3 Å². The van der Waals surface area contributed by atoms with Gasteiger partial charge in [-0.1, -0.05) is 55.4 Å². The quantitative estimate of drug-likeness (QED) is 0.433. The highest BCUT2D eigenvalue weighted by molar-refractivity contribution is 7.98. The molecule has 0 unspecified atom stereocenters. The molecule has 0 saturated heterocycles. The van der Waals surface area contributed by atoms with Crippen LogP contribution in [0.25, 0.3) is 0 Å². The maximum Gasteiger partial charge on any atom is 0.252 e. The van der Waals surface area contributed by atoms with Gasteiger partial charge in [0.2, 0.25) is 0 Å². The van der Waals surface area contributed by atoms with Crippen LogP contribution in [-0.2, 0) is 18.8 Å². The van der Waals surface area contributed by atoms with Crippen LogP contribution in [0.1, 0.15) is 52.3 Å². The second-order valence-corrected chi connectivity index (χ2v) is 8.57. The highest BCUT2D eigenvalue weighted by atomic mass is 32.2. The van der Waals surface area contributed by atoms with E-state index in [-0.39, 0.29) is 5.91 Å². The lowest BCUT2D eigenvalue weighted by molar-refractivity contribution is 0.0948. The van der Waals surface area contributed by atoms with Gasteiger partial charge in [0.25, 0.3) is 5.91 Å². The summed E-state index contributed by atoms with van der Waals surface area (Å²) < 4.78 is 5.25. The van der Waals surface area contributed by atoms with Crippen LogP contribution in [0.4, 0.5) is 0 Å². The number of rotatable bonds is 10. The summed E-state index contributed by atoms with van der Waals surface area (Å²) >= 11 is 1.63. The van der Waals surface area contributed by atoms with Crippen LogP contribution in [0.5, 0.6) is 0 Å². The highest BCUT2D eigenvalue weighted by Crippen LogP contribution is 2.28. The Bertz CT molecular complexity index is 975. The molecule has 3 rings (SSSR count). The van der Waals surface area contributed by atoms with Crippen molar-refractivity contribution in [3.05, 3.63) is 82.2 Å². The molecule has 31 heavy (non-hydrogen) atoms. The molecule has 0 aliphatic heterocycles. The first kappa shape index (κ1) is 23.1. The summed E-state index contributed by atoms with van der Waals surface area (Å²) in [6.07, 6.45) is 0. The first-order chi connectivity index (χ1) is 15.0. The SMILES string of the molecule is CCN(CC)Cc1ccc(CNC(=O)c2ccccc2SCc2c(C)noc2C)cc1. The predicted octanol–water partition coefficient (Wildman–Crippen LogP) is 5.36. The second-order valence-electron chi connectivity index (χ2n) is 7.55. The maximum absolute atomic E-state index is 12.9. The van der Waals surface area contributed by atoms with E-state index in [1.165, 1.54) is 5.56 Å². The van der Waals surface area contributed by atoms with E-state index >= 15 is 0 Å². The molecule has 1 heterocycles. The molecule has 5 nitrogen and oxygen atoms in total. The van der Waals surface area contributed by atoms with Crippen LogP contribution >= 0.6 is 11.8 Å². The van der Waals surface area contributed by atoms with Crippen molar-refractivity contribution in [2.24, 2.45) is 0 Å². The average Bonchev–Trinajstić information content (AvgIpc) is 3.12. The monoisotopic (exact) mass is 437 g/mol. The minimum Gasteiger partial charge on any atom is -0.361 e. The van der Waals surface area contributed by atoms with Crippen molar-refractivity contribution in [3.63, 3.8) is 0 Å². The third kappa shape index (κ3) is 6.21. The van der Waals surface area contributed by atoms with Crippen molar-refractivity contribution in [2.75, 3.05) is 13.1 Å². The van der Waals surface area contributed by atoms with Crippen molar-refractivity contribution in [3.8, 4) is 0 Å². The van der Waals surface area contributed by atoms with Gasteiger partial charge in [-0.3, -0.25) is 9.69 Å². The molecule has 0 radical (unpaired) electrons. The molecule has 0 aliphatic carbocycles. The molecule has 3 aromatic rings. The molecule has 1 aromatic heterocycles. The van der Waals surface area contributed by atoms with E-state index in [9.17, 15) is 4.79 Å². The number of thioether (sulfide) groups is 1. The molecular weight excluding hydrogens is 406 g/mol. The molecule has 0 bridgehead atoms. The average molecular weight is 438 g/mol. The number of carbonyl (C=O) groups is 1. The molecule has 0 spiro atoms. The summed E-state index contributed by atoms with van der Waals surface area (Å²) in [5.74, 6) is 1.49. The number of carbonyl (C=O) groups excluding carboxylic acids is 1. The van der Waals surface area contributed by atoms with E-state index in [0.717, 1.165) is 52.9 Å². The Morgan fingerprint density at radius 3 is 2.35 bits per heavy atom. The minimum atomic E-state index is -0.0610. The summed E-state index contributed by atoms with van der Waals surface area (Å²) in [5.41, 5.74) is 5.07. The van der Waals surface area contributed by atoms with Crippen molar-refractivity contribution in [1.82, 2.24) is 15.4 Å². The first-order valence-electron chi connectivity index (χ1n) is 10.7. The molecular formula is C25H31N3O2S. The van der Waals surface area contributed by atoms with Crippen molar-refractivity contribution in [2.45, 2.75) is 51.4 Å². The fourth-order valence-electron chi connectivity index (χ4n) is 3.38. The molecule has 1 N–H and O–H groups in total. The topological polar surface area (TPSA) is 58.4 Å². The van der Waals surface area contributed by atoms with E-state index in [1.807, 2.05) is 38.1 Å². The number of aromatic nitrogens is 1. The number of nitrogens with one attached hydrogen (secondary N) is 1. The van der Waals surface area contributed by atoms with Gasteiger partial charge >= 0.3 is 0 Å². The zero-order valence-corrected chi connectivity index (χ0v) is 19.6. The summed E-state index contributed by atoms with van der Waals surface area (Å²) in [4.78, 5) is 16.2. The largest absolute Gasteiger partial charge is 0.361 e. The van der Waals surface area contributed by atoms with Gasteiger partial charge in [-0.25, -0.2) is 0 Å². The number of amides is 1. The van der Waals surface area contributed by atoms with E-state index in [2.05, 4.69) is 53.5 Å². The Kier molecular flexibility index (Phi) is 8.32. The van der Waals surface area contributed by atoms with E-state index < -0.39 is 0 Å². The molecule has 0 fully saturated rings. The van der Waals surface area contributed by atoms with Gasteiger partial charge in [0, 0.05) is 29.3 Å². The molecule has 1 amide bonds. The van der Waals surface area contributed by atoms with Gasteiger partial charge < -0.3 is 9.84 Å². The van der Waals surface area contributed by atoms with E-state index in [1.54, 1.807) is 11.8 Å². The minimum absolute atomic E-state index is 0.0610. The molecule has 2 aromatic carbocycles. The Morgan fingerprint density at radius 2 is 1.71 bits per heavy atom. The fourth-order valence-corrected chi connectivity index (χ4v) is 4.59. The van der Waals surface area contributed by atoms with E-state index in [0.29, 0.717) is 12.1 Å². The second kappa shape index (κ2) is 11.2. The summed E-state index contributed by atoms with van der Waals surface area (Å²) in [6.45, 7) is 11.8. The Hall–Kier alpha value is -2.57. The van der Waals surface area contributed by atoms with Crippen LogP contribution < -0.4 is 5.32 Å². The maximum atomic E-state index is 12.9. The number of aryl methyl sites for hydroxylation is 2. The smallest absolute Gasteiger partial charge is 0.252 e. The highest BCUT2D eigenvalue weighted by Gasteiger charge is 2.14. The zero-order chi connectivity index (χ0) is 22.2. The van der Waals surface area contributed by atoms with Gasteiger partial charge in [-0.2, -0.15) is 0 Å². The van der Waals surface area contributed by atoms with Crippen molar-refractivity contribution in [1.29, 1.82) is 0 Å². The number of hydrogen-bond acceptors (Lipinski definition) is 5. The summed E-state index contributed by atoms with van der Waals surface area (Å²) in [7, 11) is 0. The van der Waals surface area contributed by atoms with Crippen LogP contribution in [-0.4, -0.2) is 29.1 Å². The molecule has 6 heteroatoms. The Morgan fingerprint density at radius 1 is 1.03 bits per heavy atom. The zero-order valence-electron chi connectivity index (χ0n) is 18.8.